The molecule has 18 heavy (non-hydrogen) atoms. The molecule has 0 bridgehead atoms. The van der Waals surface area contributed by atoms with Crippen molar-refractivity contribution in [2.75, 3.05) is 5.32 Å². The van der Waals surface area contributed by atoms with Crippen molar-refractivity contribution in [3.05, 3.63) is 23.5 Å². The molecular weight excluding hydrogens is 256 g/mol. The molecule has 2 unspecified atom stereocenters. The van der Waals surface area contributed by atoms with Crippen LogP contribution in [-0.4, -0.2) is 22.0 Å². The van der Waals surface area contributed by atoms with Crippen molar-refractivity contribution in [2.45, 2.75) is 13.8 Å². The fourth-order valence-corrected chi connectivity index (χ4v) is 2.37. The van der Waals surface area contributed by atoms with E-state index in [1.807, 2.05) is 0 Å². The summed E-state index contributed by atoms with van der Waals surface area (Å²) in [4.78, 5) is 26.8. The molecule has 1 amide bonds. The molecule has 6 heteroatoms. The third-order valence-electron chi connectivity index (χ3n) is 3.37. The number of carbonyl (C=O) groups excluding carboxylic acids is 1. The van der Waals surface area contributed by atoms with Gasteiger partial charge in [0.05, 0.1) is 23.7 Å². The van der Waals surface area contributed by atoms with Crippen LogP contribution < -0.4 is 5.32 Å². The summed E-state index contributed by atoms with van der Waals surface area (Å²) >= 11 is 5.63. The highest BCUT2D eigenvalue weighted by atomic mass is 35.5. The number of anilines is 1. The van der Waals surface area contributed by atoms with Crippen LogP contribution in [0.25, 0.3) is 0 Å². The van der Waals surface area contributed by atoms with Gasteiger partial charge in [0.25, 0.3) is 0 Å². The lowest BCUT2D eigenvalue weighted by Gasteiger charge is -2.05. The van der Waals surface area contributed by atoms with Gasteiger partial charge in [-0.1, -0.05) is 25.4 Å². The number of amides is 1. The Morgan fingerprint density at radius 1 is 1.39 bits per heavy atom. The second-order valence-electron chi connectivity index (χ2n) is 4.97. The summed E-state index contributed by atoms with van der Waals surface area (Å²) in [6.07, 6.45) is 1.44. The van der Waals surface area contributed by atoms with Crippen LogP contribution in [0.1, 0.15) is 13.8 Å². The van der Waals surface area contributed by atoms with E-state index in [4.69, 9.17) is 16.7 Å². The maximum Gasteiger partial charge on any atom is 0.307 e. The largest absolute Gasteiger partial charge is 0.481 e. The number of nitrogens with zero attached hydrogens (tertiary/aromatic N) is 1. The molecular formula is C12H13ClN2O3. The summed E-state index contributed by atoms with van der Waals surface area (Å²) < 4.78 is 0. The molecule has 1 saturated carbocycles. The predicted molar refractivity (Wildman–Crippen MR) is 66.3 cm³/mol. The molecule has 96 valence electrons. The fourth-order valence-electron chi connectivity index (χ4n) is 2.26. The number of aliphatic carboxylic acids is 1. The summed E-state index contributed by atoms with van der Waals surface area (Å²) in [5, 5.41) is 12.0. The van der Waals surface area contributed by atoms with Crippen LogP contribution in [0.3, 0.4) is 0 Å². The molecule has 0 aromatic carbocycles. The highest BCUT2D eigenvalue weighted by Gasteiger charge is 2.65. The Hall–Kier alpha value is -1.62. The van der Waals surface area contributed by atoms with Crippen molar-refractivity contribution in [2.24, 2.45) is 17.3 Å². The second kappa shape index (κ2) is 4.24. The van der Waals surface area contributed by atoms with E-state index in [1.54, 1.807) is 26.0 Å². The van der Waals surface area contributed by atoms with Crippen molar-refractivity contribution in [1.82, 2.24) is 4.98 Å². The van der Waals surface area contributed by atoms with E-state index in [-0.39, 0.29) is 5.91 Å². The van der Waals surface area contributed by atoms with Crippen molar-refractivity contribution in [3.8, 4) is 0 Å². The quantitative estimate of drug-likeness (QED) is 0.822. The van der Waals surface area contributed by atoms with E-state index in [1.165, 1.54) is 6.20 Å². The smallest absolute Gasteiger partial charge is 0.307 e. The van der Waals surface area contributed by atoms with E-state index in [0.717, 1.165) is 0 Å². The summed E-state index contributed by atoms with van der Waals surface area (Å²) in [5.74, 6) is -2.37. The number of aromatic nitrogens is 1. The minimum Gasteiger partial charge on any atom is -0.481 e. The van der Waals surface area contributed by atoms with Crippen LogP contribution in [-0.2, 0) is 9.59 Å². The van der Waals surface area contributed by atoms with Crippen LogP contribution in [0.2, 0.25) is 5.15 Å². The lowest BCUT2D eigenvalue weighted by Crippen LogP contribution is -2.17. The van der Waals surface area contributed by atoms with Gasteiger partial charge in [0.1, 0.15) is 5.15 Å². The topological polar surface area (TPSA) is 79.3 Å². The van der Waals surface area contributed by atoms with Crippen LogP contribution in [0.15, 0.2) is 18.3 Å². The van der Waals surface area contributed by atoms with Gasteiger partial charge in [-0.15, -0.1) is 0 Å². The fraction of sp³-hybridized carbons (Fsp3) is 0.417. The van der Waals surface area contributed by atoms with Gasteiger partial charge in [0, 0.05) is 0 Å². The van der Waals surface area contributed by atoms with Crippen LogP contribution in [0, 0.1) is 17.3 Å². The first kappa shape index (κ1) is 12.8. The Morgan fingerprint density at radius 3 is 2.50 bits per heavy atom. The third kappa shape index (κ3) is 2.18. The monoisotopic (exact) mass is 268 g/mol. The average molecular weight is 269 g/mol. The summed E-state index contributed by atoms with van der Waals surface area (Å²) in [7, 11) is 0. The lowest BCUT2D eigenvalue weighted by molar-refractivity contribution is -0.140. The molecule has 0 radical (unpaired) electrons. The molecule has 0 aliphatic heterocycles. The Kier molecular flexibility index (Phi) is 3.02. The van der Waals surface area contributed by atoms with Crippen molar-refractivity contribution in [1.29, 1.82) is 0 Å². The maximum atomic E-state index is 12.0. The van der Waals surface area contributed by atoms with Crippen LogP contribution >= 0.6 is 11.6 Å². The number of halogens is 1. The molecule has 5 nitrogen and oxygen atoms in total. The second-order valence-corrected chi connectivity index (χ2v) is 5.36. The molecule has 1 aliphatic carbocycles. The van der Waals surface area contributed by atoms with Gasteiger partial charge in [-0.25, -0.2) is 4.98 Å². The maximum absolute atomic E-state index is 12.0. The van der Waals surface area contributed by atoms with Crippen molar-refractivity contribution in [3.63, 3.8) is 0 Å². The molecule has 2 rings (SSSR count). The number of hydrogen-bond donors (Lipinski definition) is 2. The molecule has 1 aromatic rings. The van der Waals surface area contributed by atoms with Gasteiger partial charge < -0.3 is 10.4 Å². The molecule has 1 aliphatic rings. The zero-order valence-electron chi connectivity index (χ0n) is 9.98. The average Bonchev–Trinajstić information content (AvgIpc) is 2.85. The van der Waals surface area contributed by atoms with Gasteiger partial charge in [0.2, 0.25) is 5.91 Å². The molecule has 1 fully saturated rings. The van der Waals surface area contributed by atoms with Crippen LogP contribution in [0.4, 0.5) is 5.69 Å². The van der Waals surface area contributed by atoms with E-state index >= 15 is 0 Å². The molecule has 0 saturated heterocycles. The van der Waals surface area contributed by atoms with E-state index in [0.29, 0.717) is 10.8 Å². The number of nitrogens with one attached hydrogen (secondary N) is 1. The number of pyridine rings is 1. The Balaban J connectivity index is 2.06. The van der Waals surface area contributed by atoms with Gasteiger partial charge >= 0.3 is 5.97 Å². The van der Waals surface area contributed by atoms with Gasteiger partial charge in [0.15, 0.2) is 0 Å². The first-order valence-corrected chi connectivity index (χ1v) is 5.87. The number of rotatable bonds is 3. The zero-order chi connectivity index (χ0) is 13.5. The minimum absolute atomic E-state index is 0.295. The highest BCUT2D eigenvalue weighted by molar-refractivity contribution is 6.29. The molecule has 2 N–H and O–H groups in total. The standard InChI is InChI=1S/C12H13ClN2O3/c1-12(2)8(9(12)11(17)18)10(16)15-6-3-4-7(13)14-5-6/h3-5,8-9H,1-2H3,(H,15,16)(H,17,18). The van der Waals surface area contributed by atoms with Gasteiger partial charge in [-0.3, -0.25) is 9.59 Å². The zero-order valence-corrected chi connectivity index (χ0v) is 10.7. The van der Waals surface area contributed by atoms with Gasteiger partial charge in [-0.05, 0) is 17.5 Å². The first-order valence-electron chi connectivity index (χ1n) is 5.49. The Bertz CT molecular complexity index is 499. The first-order chi connectivity index (χ1) is 8.34. The molecule has 1 aromatic heterocycles. The minimum atomic E-state index is -0.936. The SMILES string of the molecule is CC1(C)C(C(=O)O)C1C(=O)Nc1ccc(Cl)nc1. The van der Waals surface area contributed by atoms with E-state index in [9.17, 15) is 9.59 Å². The van der Waals surface area contributed by atoms with Crippen LogP contribution in [0.5, 0.6) is 0 Å². The van der Waals surface area contributed by atoms with Crippen molar-refractivity contribution < 1.29 is 14.7 Å². The normalized spacial score (nSPS) is 24.4. The third-order valence-corrected chi connectivity index (χ3v) is 3.59. The number of carboxylic acids is 1. The van der Waals surface area contributed by atoms with Gasteiger partial charge in [-0.2, -0.15) is 0 Å². The molecule has 0 spiro atoms. The predicted octanol–water partition coefficient (Wildman–Crippen LogP) is 2.03. The summed E-state index contributed by atoms with van der Waals surface area (Å²) in [6.45, 7) is 3.55. The Labute approximate surface area is 109 Å². The lowest BCUT2D eigenvalue weighted by atomic mass is 10.1. The van der Waals surface area contributed by atoms with E-state index in [2.05, 4.69) is 10.3 Å². The Morgan fingerprint density at radius 2 is 2.06 bits per heavy atom. The van der Waals surface area contributed by atoms with Crippen molar-refractivity contribution >= 4 is 29.2 Å². The number of carbonyl (C=O) groups is 2. The van der Waals surface area contributed by atoms with E-state index < -0.39 is 23.2 Å². The summed E-state index contributed by atoms with van der Waals surface area (Å²) in [5.41, 5.74) is 0.00621. The molecule has 1 heterocycles. The summed E-state index contributed by atoms with van der Waals surface area (Å²) in [6, 6.07) is 3.18. The number of carboxylic acid groups (broad SMARTS) is 1. The highest BCUT2D eigenvalue weighted by Crippen LogP contribution is 2.58. The molecule has 2 atom stereocenters. The number of hydrogen-bond acceptors (Lipinski definition) is 3.